The monoisotopic (exact) mass is 568 g/mol. The van der Waals surface area contributed by atoms with Crippen LogP contribution in [-0.2, 0) is 11.3 Å². The first kappa shape index (κ1) is 27.9. The minimum atomic E-state index is 0.514. The van der Waals surface area contributed by atoms with Crippen LogP contribution in [0.1, 0.15) is 17.5 Å². The van der Waals surface area contributed by atoms with Gasteiger partial charge in [-0.05, 0) is 37.2 Å². The van der Waals surface area contributed by atoms with Gasteiger partial charge in [0.2, 0.25) is 5.88 Å². The Morgan fingerprint density at radius 3 is 2.40 bits per heavy atom. The van der Waals surface area contributed by atoms with Crippen molar-refractivity contribution in [3.63, 3.8) is 0 Å². The number of piperazine rings is 1. The number of likely N-dealkylation sites (N-methyl/N-ethyl adjacent to an activating group) is 1. The predicted octanol–water partition coefficient (Wildman–Crippen LogP) is 3.09. The molecule has 4 saturated heterocycles. The second-order valence-electron chi connectivity index (χ2n) is 10.9. The maximum Gasteiger partial charge on any atom is 0.212 e. The SMILES string of the molecule is CN1CCOCC1.COc1cc(-c2ccc(N3CC4CC(C3)N4Cc3ccc(OC)nc3)nc2)c2c(C#N)cnn2c1. The molecule has 4 fully saturated rings. The largest absolute Gasteiger partial charge is 0.495 e. The molecule has 0 saturated carbocycles. The van der Waals surface area contributed by atoms with Crippen LogP contribution in [0.5, 0.6) is 11.6 Å². The molecule has 8 heterocycles. The van der Waals surface area contributed by atoms with Crippen molar-refractivity contribution >= 4 is 11.3 Å². The molecule has 0 aliphatic carbocycles. The molecule has 11 heteroatoms. The van der Waals surface area contributed by atoms with Crippen LogP contribution in [0, 0.1) is 11.3 Å². The summed E-state index contributed by atoms with van der Waals surface area (Å²) in [6.07, 6.45) is 8.35. The number of hydrogen-bond acceptors (Lipinski definition) is 10. The van der Waals surface area contributed by atoms with Crippen LogP contribution in [0.2, 0.25) is 0 Å². The van der Waals surface area contributed by atoms with Crippen molar-refractivity contribution in [2.24, 2.45) is 0 Å². The van der Waals surface area contributed by atoms with Gasteiger partial charge in [-0.1, -0.05) is 6.07 Å². The number of aromatic nitrogens is 4. The molecule has 2 atom stereocenters. The third-order valence-corrected chi connectivity index (χ3v) is 8.28. The lowest BCUT2D eigenvalue weighted by Crippen LogP contribution is -2.68. The molecule has 4 aromatic rings. The fraction of sp³-hybridized carbons (Fsp3) is 0.419. The molecule has 4 aliphatic rings. The van der Waals surface area contributed by atoms with Gasteiger partial charge >= 0.3 is 0 Å². The molecule has 4 aromatic heterocycles. The maximum absolute atomic E-state index is 9.53. The summed E-state index contributed by atoms with van der Waals surface area (Å²) in [4.78, 5) is 16.3. The van der Waals surface area contributed by atoms with E-state index in [2.05, 4.69) is 56.1 Å². The van der Waals surface area contributed by atoms with Gasteiger partial charge in [-0.15, -0.1) is 0 Å². The summed E-state index contributed by atoms with van der Waals surface area (Å²) >= 11 is 0. The van der Waals surface area contributed by atoms with Gasteiger partial charge in [-0.3, -0.25) is 4.90 Å². The van der Waals surface area contributed by atoms with Crippen molar-refractivity contribution in [2.45, 2.75) is 25.0 Å². The fourth-order valence-corrected chi connectivity index (χ4v) is 5.87. The van der Waals surface area contributed by atoms with E-state index in [0.29, 0.717) is 29.3 Å². The Labute approximate surface area is 245 Å². The summed E-state index contributed by atoms with van der Waals surface area (Å²) < 4.78 is 17.4. The zero-order valence-electron chi connectivity index (χ0n) is 24.3. The Hall–Kier alpha value is -4.24. The van der Waals surface area contributed by atoms with Crippen molar-refractivity contribution in [3.05, 3.63) is 66.2 Å². The lowest BCUT2D eigenvalue weighted by molar-refractivity contribution is -0.00876. The van der Waals surface area contributed by atoms with Gasteiger partial charge in [-0.25, -0.2) is 14.5 Å². The zero-order chi connectivity index (χ0) is 29.1. The van der Waals surface area contributed by atoms with Crippen molar-refractivity contribution < 1.29 is 14.2 Å². The molecule has 0 aromatic carbocycles. The number of anilines is 1. The van der Waals surface area contributed by atoms with E-state index in [9.17, 15) is 5.26 Å². The van der Waals surface area contributed by atoms with E-state index in [1.165, 1.54) is 12.0 Å². The number of hydrogen-bond donors (Lipinski definition) is 0. The Morgan fingerprint density at radius 1 is 1.00 bits per heavy atom. The van der Waals surface area contributed by atoms with E-state index < -0.39 is 0 Å². The molecule has 42 heavy (non-hydrogen) atoms. The van der Waals surface area contributed by atoms with Gasteiger partial charge in [-0.2, -0.15) is 10.4 Å². The molecule has 8 rings (SSSR count). The third kappa shape index (κ3) is 5.74. The number of morpholine rings is 1. The number of methoxy groups -OCH3 is 2. The highest BCUT2D eigenvalue weighted by molar-refractivity contribution is 5.85. The van der Waals surface area contributed by atoms with E-state index in [-0.39, 0.29) is 0 Å². The van der Waals surface area contributed by atoms with Gasteiger partial charge in [0, 0.05) is 74.4 Å². The van der Waals surface area contributed by atoms with Gasteiger partial charge in [0.25, 0.3) is 0 Å². The van der Waals surface area contributed by atoms with Crippen LogP contribution in [0.25, 0.3) is 16.6 Å². The second-order valence-corrected chi connectivity index (χ2v) is 10.9. The first-order valence-corrected chi connectivity index (χ1v) is 14.2. The standard InChI is InChI=1S/C26H25N7O2.C5H11NO/c1-34-22-8-23(26-19(9-27)12-30-33(26)16-22)18-4-5-24(28-11-18)31-14-20-7-21(15-31)32(20)13-17-3-6-25(35-2)29-10-17;1-6-2-4-7-5-3-6/h3-6,8,10-12,16,20-21H,7,13-15H2,1-2H3;2-5H2,1H3. The van der Waals surface area contributed by atoms with Gasteiger partial charge in [0.05, 0.1) is 50.9 Å². The average Bonchev–Trinajstić information content (AvgIpc) is 3.47. The van der Waals surface area contributed by atoms with E-state index >= 15 is 0 Å². The van der Waals surface area contributed by atoms with E-state index in [1.807, 2.05) is 24.5 Å². The maximum atomic E-state index is 9.53. The van der Waals surface area contributed by atoms with Crippen LogP contribution in [0.3, 0.4) is 0 Å². The van der Waals surface area contributed by atoms with Crippen molar-refractivity contribution in [1.82, 2.24) is 29.4 Å². The quantitative estimate of drug-likeness (QED) is 0.345. The van der Waals surface area contributed by atoms with Gasteiger partial charge in [0.1, 0.15) is 17.6 Å². The molecule has 0 spiro atoms. The second kappa shape index (κ2) is 12.3. The summed E-state index contributed by atoms with van der Waals surface area (Å²) in [5, 5.41) is 13.8. The molecular formula is C31H36N8O3. The van der Waals surface area contributed by atoms with Crippen LogP contribution in [-0.4, -0.2) is 102 Å². The van der Waals surface area contributed by atoms with Crippen molar-refractivity contribution in [3.8, 4) is 28.8 Å². The van der Waals surface area contributed by atoms with Crippen LogP contribution < -0.4 is 14.4 Å². The third-order valence-electron chi connectivity index (χ3n) is 8.28. The van der Waals surface area contributed by atoms with Gasteiger partial charge in [0.15, 0.2) is 0 Å². The van der Waals surface area contributed by atoms with E-state index in [0.717, 1.165) is 68.4 Å². The summed E-state index contributed by atoms with van der Waals surface area (Å²) in [5.74, 6) is 2.29. The van der Waals surface area contributed by atoms with Crippen LogP contribution >= 0.6 is 0 Å². The minimum Gasteiger partial charge on any atom is -0.495 e. The number of nitriles is 1. The highest BCUT2D eigenvalue weighted by Gasteiger charge is 2.44. The lowest BCUT2D eigenvalue weighted by Gasteiger charge is -2.56. The first-order valence-electron chi connectivity index (χ1n) is 14.2. The highest BCUT2D eigenvalue weighted by atomic mass is 16.5. The molecule has 2 unspecified atom stereocenters. The Morgan fingerprint density at radius 2 is 1.81 bits per heavy atom. The number of pyridine rings is 3. The Kier molecular flexibility index (Phi) is 8.19. The van der Waals surface area contributed by atoms with Crippen LogP contribution in [0.15, 0.2) is 55.1 Å². The number of fused-ring (bicyclic) bond motifs is 3. The van der Waals surface area contributed by atoms with Gasteiger partial charge < -0.3 is 24.0 Å². The zero-order valence-corrected chi connectivity index (χ0v) is 24.3. The topological polar surface area (TPSA) is 104 Å². The predicted molar refractivity (Wildman–Crippen MR) is 159 cm³/mol. The smallest absolute Gasteiger partial charge is 0.212 e. The average molecular weight is 569 g/mol. The van der Waals surface area contributed by atoms with Crippen molar-refractivity contribution in [1.29, 1.82) is 5.26 Å². The van der Waals surface area contributed by atoms with E-state index in [4.69, 9.17) is 19.2 Å². The number of rotatable bonds is 6. The normalized spacial score (nSPS) is 20.3. The number of piperidine rings is 1. The molecule has 218 valence electrons. The summed E-state index contributed by atoms with van der Waals surface area (Å²) in [6, 6.07) is 13.3. The molecule has 0 radical (unpaired) electrons. The highest BCUT2D eigenvalue weighted by Crippen LogP contribution is 2.36. The van der Waals surface area contributed by atoms with E-state index in [1.54, 1.807) is 31.1 Å². The molecule has 0 amide bonds. The molecule has 2 bridgehead atoms. The summed E-state index contributed by atoms with van der Waals surface area (Å²) in [5.41, 5.74) is 4.28. The molecular weight excluding hydrogens is 532 g/mol. The van der Waals surface area contributed by atoms with Crippen LogP contribution in [0.4, 0.5) is 5.82 Å². The first-order chi connectivity index (χ1) is 20.6. The van der Waals surface area contributed by atoms with Crippen molar-refractivity contribution in [2.75, 3.05) is 65.6 Å². The molecule has 4 aliphatic heterocycles. The molecule has 0 N–H and O–H groups in total. The summed E-state index contributed by atoms with van der Waals surface area (Å²) in [7, 11) is 5.37. The fourth-order valence-electron chi connectivity index (χ4n) is 5.87. The lowest BCUT2D eigenvalue weighted by atomic mass is 9.87. The Bertz CT molecular complexity index is 1530. The Balaban J connectivity index is 0.000000397. The summed E-state index contributed by atoms with van der Waals surface area (Å²) in [6.45, 7) is 6.84. The number of nitrogens with zero attached hydrogens (tertiary/aromatic N) is 8. The minimum absolute atomic E-state index is 0.514. The number of ether oxygens (including phenoxy) is 3. The molecule has 11 nitrogen and oxygen atoms in total.